The second-order valence-corrected chi connectivity index (χ2v) is 5.45. The number of aromatic nitrogens is 2. The van der Waals surface area contributed by atoms with E-state index in [1.807, 2.05) is 24.3 Å². The summed E-state index contributed by atoms with van der Waals surface area (Å²) in [5.74, 6) is 0.117. The van der Waals surface area contributed by atoms with E-state index in [1.54, 1.807) is 28.8 Å². The van der Waals surface area contributed by atoms with E-state index < -0.39 is 0 Å². The number of hydrogen-bond donors (Lipinski definition) is 2. The number of benzene rings is 2. The van der Waals surface area contributed by atoms with Gasteiger partial charge in [0.1, 0.15) is 19.0 Å². The van der Waals surface area contributed by atoms with E-state index in [4.69, 9.17) is 0 Å². The van der Waals surface area contributed by atoms with Gasteiger partial charge in [-0.2, -0.15) is 0 Å². The molecule has 122 valence electrons. The average Bonchev–Trinajstić information content (AvgIpc) is 2.93. The molecule has 0 spiro atoms. The highest BCUT2D eigenvalue weighted by Gasteiger charge is 2.13. The molecule has 24 heavy (non-hydrogen) atoms. The predicted molar refractivity (Wildman–Crippen MR) is 90.7 cm³/mol. The predicted octanol–water partition coefficient (Wildman–Crippen LogP) is 2.37. The molecule has 2 N–H and O–H groups in total. The molecule has 0 saturated carbocycles. The number of aliphatic hydroxyl groups excluding tert-OH is 1. The summed E-state index contributed by atoms with van der Waals surface area (Å²) in [4.78, 5) is 28.1. The molecule has 3 rings (SSSR count). The Labute approximate surface area is 138 Å². The zero-order chi connectivity index (χ0) is 17.1. The molecule has 0 unspecified atom stereocenters. The number of nitrogens with zero attached hydrogens (tertiary/aromatic N) is 2. The van der Waals surface area contributed by atoms with Crippen LogP contribution in [-0.2, 0) is 17.9 Å². The monoisotopic (exact) mass is 323 g/mol. The number of fused-ring (bicyclic) bond motifs is 1. The highest BCUT2D eigenvalue weighted by atomic mass is 16.3. The van der Waals surface area contributed by atoms with Crippen molar-refractivity contribution < 1.29 is 14.7 Å². The summed E-state index contributed by atoms with van der Waals surface area (Å²) in [5.41, 5.74) is 2.61. The largest absolute Gasteiger partial charge is 0.388 e. The van der Waals surface area contributed by atoms with Gasteiger partial charge in [-0.05, 0) is 31.2 Å². The third kappa shape index (κ3) is 3.18. The Morgan fingerprint density at radius 2 is 1.96 bits per heavy atom. The molecule has 6 nitrogen and oxygen atoms in total. The topological polar surface area (TPSA) is 84.2 Å². The van der Waals surface area contributed by atoms with E-state index in [1.165, 1.54) is 6.92 Å². The van der Waals surface area contributed by atoms with Crippen molar-refractivity contribution in [3.05, 3.63) is 59.9 Å². The van der Waals surface area contributed by atoms with E-state index in [-0.39, 0.29) is 24.8 Å². The third-order valence-corrected chi connectivity index (χ3v) is 3.73. The molecule has 2 aromatic carbocycles. The Kier molecular flexibility index (Phi) is 4.39. The van der Waals surface area contributed by atoms with Gasteiger partial charge < -0.3 is 15.0 Å². The van der Waals surface area contributed by atoms with Crippen LogP contribution in [0.2, 0.25) is 0 Å². The Balaban J connectivity index is 1.83. The Bertz CT molecular complexity index is 915. The number of carbonyl (C=O) groups is 2. The van der Waals surface area contributed by atoms with Gasteiger partial charge in [0.2, 0.25) is 5.91 Å². The number of para-hydroxylation sites is 2. The second kappa shape index (κ2) is 6.64. The van der Waals surface area contributed by atoms with Crippen LogP contribution in [-0.4, -0.2) is 26.3 Å². The van der Waals surface area contributed by atoms with Gasteiger partial charge in [-0.25, -0.2) is 4.98 Å². The van der Waals surface area contributed by atoms with Gasteiger partial charge >= 0.3 is 0 Å². The van der Waals surface area contributed by atoms with Crippen LogP contribution in [0.5, 0.6) is 0 Å². The van der Waals surface area contributed by atoms with E-state index in [0.717, 1.165) is 11.0 Å². The first-order valence-electron chi connectivity index (χ1n) is 7.54. The number of hydrogen-bond acceptors (Lipinski definition) is 4. The summed E-state index contributed by atoms with van der Waals surface area (Å²) in [6.45, 7) is 1.26. The van der Waals surface area contributed by atoms with Gasteiger partial charge in [-0.1, -0.05) is 24.3 Å². The lowest BCUT2D eigenvalue weighted by molar-refractivity contribution is -0.116. The van der Waals surface area contributed by atoms with Gasteiger partial charge in [-0.3, -0.25) is 9.59 Å². The molecule has 0 saturated heterocycles. The van der Waals surface area contributed by atoms with Gasteiger partial charge in [-0.15, -0.1) is 0 Å². The van der Waals surface area contributed by atoms with Crippen molar-refractivity contribution >= 4 is 28.4 Å². The molecule has 0 aliphatic carbocycles. The van der Waals surface area contributed by atoms with E-state index in [2.05, 4.69) is 10.3 Å². The highest BCUT2D eigenvalue weighted by Crippen LogP contribution is 2.17. The smallest absolute Gasteiger partial charge is 0.244 e. The first-order chi connectivity index (χ1) is 11.6. The number of imidazole rings is 1. The van der Waals surface area contributed by atoms with Crippen molar-refractivity contribution in [2.75, 3.05) is 5.32 Å². The van der Waals surface area contributed by atoms with Crippen molar-refractivity contribution in [2.45, 2.75) is 20.1 Å². The van der Waals surface area contributed by atoms with Gasteiger partial charge in [0.15, 0.2) is 5.78 Å². The van der Waals surface area contributed by atoms with Crippen LogP contribution < -0.4 is 5.32 Å². The molecular formula is C18H17N3O3. The van der Waals surface area contributed by atoms with Crippen LogP contribution in [0.4, 0.5) is 5.69 Å². The standard InChI is InChI=1S/C18H17N3O3/c1-12(23)13-5-4-6-14(9-13)19-18(24)10-21-16-8-3-2-7-15(16)20-17(21)11-22/h2-9,22H,10-11H2,1H3,(H,19,24). The van der Waals surface area contributed by atoms with Crippen LogP contribution in [0.25, 0.3) is 11.0 Å². The van der Waals surface area contributed by atoms with E-state index >= 15 is 0 Å². The van der Waals surface area contributed by atoms with Crippen molar-refractivity contribution in [1.29, 1.82) is 0 Å². The minimum atomic E-state index is -0.256. The normalized spacial score (nSPS) is 10.8. The Morgan fingerprint density at radius 3 is 2.71 bits per heavy atom. The van der Waals surface area contributed by atoms with Crippen LogP contribution in [0.3, 0.4) is 0 Å². The number of amides is 1. The molecular weight excluding hydrogens is 306 g/mol. The van der Waals surface area contributed by atoms with Crippen molar-refractivity contribution in [3.63, 3.8) is 0 Å². The van der Waals surface area contributed by atoms with Crippen molar-refractivity contribution in [3.8, 4) is 0 Å². The fourth-order valence-corrected chi connectivity index (χ4v) is 2.58. The minimum Gasteiger partial charge on any atom is -0.388 e. The van der Waals surface area contributed by atoms with Crippen LogP contribution >= 0.6 is 0 Å². The number of anilines is 1. The zero-order valence-corrected chi connectivity index (χ0v) is 13.2. The lowest BCUT2D eigenvalue weighted by Gasteiger charge is -2.09. The summed E-state index contributed by atoms with van der Waals surface area (Å²) in [7, 11) is 0. The minimum absolute atomic E-state index is 0.0285. The van der Waals surface area contributed by atoms with Crippen LogP contribution in [0.1, 0.15) is 23.1 Å². The van der Waals surface area contributed by atoms with Crippen molar-refractivity contribution in [1.82, 2.24) is 9.55 Å². The second-order valence-electron chi connectivity index (χ2n) is 5.45. The quantitative estimate of drug-likeness (QED) is 0.706. The fraction of sp³-hybridized carbons (Fsp3) is 0.167. The van der Waals surface area contributed by atoms with Gasteiger partial charge in [0, 0.05) is 11.3 Å². The number of rotatable bonds is 5. The molecule has 0 atom stereocenters. The lowest BCUT2D eigenvalue weighted by Crippen LogP contribution is -2.20. The summed E-state index contributed by atoms with van der Waals surface area (Å²) in [5, 5.41) is 12.2. The lowest BCUT2D eigenvalue weighted by atomic mass is 10.1. The molecule has 0 bridgehead atoms. The molecule has 1 aromatic heterocycles. The maximum Gasteiger partial charge on any atom is 0.244 e. The average molecular weight is 323 g/mol. The summed E-state index contributed by atoms with van der Waals surface area (Å²) < 4.78 is 1.68. The number of aliphatic hydroxyl groups is 1. The highest BCUT2D eigenvalue weighted by molar-refractivity contribution is 5.97. The molecule has 0 aliphatic heterocycles. The van der Waals surface area contributed by atoms with Crippen molar-refractivity contribution in [2.24, 2.45) is 0 Å². The summed E-state index contributed by atoms with van der Waals surface area (Å²) in [6, 6.07) is 14.2. The SMILES string of the molecule is CC(=O)c1cccc(NC(=O)Cn2c(CO)nc3ccccc32)c1. The number of ketones is 1. The first kappa shape index (κ1) is 15.9. The molecule has 0 aliphatic rings. The van der Waals surface area contributed by atoms with E-state index in [9.17, 15) is 14.7 Å². The maximum atomic E-state index is 12.3. The summed E-state index contributed by atoms with van der Waals surface area (Å²) >= 11 is 0. The molecule has 3 aromatic rings. The van der Waals surface area contributed by atoms with Gasteiger partial charge in [0.25, 0.3) is 0 Å². The van der Waals surface area contributed by atoms with Crippen LogP contribution in [0, 0.1) is 0 Å². The van der Waals surface area contributed by atoms with Gasteiger partial charge in [0.05, 0.1) is 11.0 Å². The molecule has 1 heterocycles. The number of nitrogens with one attached hydrogen (secondary N) is 1. The molecule has 6 heteroatoms. The summed E-state index contributed by atoms with van der Waals surface area (Å²) in [6.07, 6.45) is 0. The third-order valence-electron chi connectivity index (χ3n) is 3.73. The number of carbonyl (C=O) groups excluding carboxylic acids is 2. The van der Waals surface area contributed by atoms with E-state index in [0.29, 0.717) is 17.1 Å². The Morgan fingerprint density at radius 1 is 1.17 bits per heavy atom. The molecule has 1 amide bonds. The van der Waals surface area contributed by atoms with Crippen LogP contribution in [0.15, 0.2) is 48.5 Å². The Hall–Kier alpha value is -2.99. The molecule has 0 fully saturated rings. The zero-order valence-electron chi connectivity index (χ0n) is 13.2. The molecule has 0 radical (unpaired) electrons. The number of Topliss-reactive ketones (excluding diaryl/α,β-unsaturated/α-hetero) is 1. The fourth-order valence-electron chi connectivity index (χ4n) is 2.58. The maximum absolute atomic E-state index is 12.3. The first-order valence-corrected chi connectivity index (χ1v) is 7.54.